The van der Waals surface area contributed by atoms with Crippen molar-refractivity contribution < 1.29 is 32.5 Å². The molecule has 5 aromatic rings. The molecule has 2 N–H and O–H groups in total. The number of aromatic nitrogens is 3. The second kappa shape index (κ2) is 13.7. The van der Waals surface area contributed by atoms with Crippen molar-refractivity contribution in [2.75, 3.05) is 44.8 Å². The number of halogens is 3. The average molecular weight is 762 g/mol. The van der Waals surface area contributed by atoms with Crippen LogP contribution >= 0.6 is 0 Å². The number of hydrogen-bond acceptors (Lipinski definition) is 10. The largest absolute Gasteiger partial charge is 0.508 e. The Morgan fingerprint density at radius 3 is 2.59 bits per heavy atom. The number of carbonyl (C=O) groups excluding carboxylic acids is 1. The van der Waals surface area contributed by atoms with E-state index in [0.717, 1.165) is 19.4 Å². The molecule has 2 bridgehead atoms. The number of amides is 1. The van der Waals surface area contributed by atoms with E-state index in [1.165, 1.54) is 30.5 Å². The van der Waals surface area contributed by atoms with E-state index in [-0.39, 0.29) is 75.2 Å². The molecule has 14 heteroatoms. The highest BCUT2D eigenvalue weighted by Crippen LogP contribution is 2.43. The van der Waals surface area contributed by atoms with Crippen LogP contribution in [0.1, 0.15) is 43.2 Å². The van der Waals surface area contributed by atoms with Crippen LogP contribution < -0.4 is 14.4 Å². The first-order valence-corrected chi connectivity index (χ1v) is 18.7. The Morgan fingerprint density at radius 2 is 1.86 bits per heavy atom. The molecule has 4 aliphatic heterocycles. The van der Waals surface area contributed by atoms with Gasteiger partial charge in [0.15, 0.2) is 5.82 Å². The average Bonchev–Trinajstić information content (AvgIpc) is 3.82. The predicted octanol–water partition coefficient (Wildman–Crippen LogP) is 6.02. The van der Waals surface area contributed by atoms with Gasteiger partial charge in [-0.1, -0.05) is 12.0 Å². The number of piperazine rings is 1. The highest BCUT2D eigenvalue weighted by Gasteiger charge is 2.50. The number of rotatable bonds is 8. The van der Waals surface area contributed by atoms with Crippen LogP contribution in [0, 0.1) is 29.4 Å². The fourth-order valence-electron chi connectivity index (χ4n) is 9.33. The van der Waals surface area contributed by atoms with E-state index >= 15 is 4.39 Å². The zero-order valence-corrected chi connectivity index (χ0v) is 30.6. The van der Waals surface area contributed by atoms with Gasteiger partial charge in [-0.25, -0.2) is 13.2 Å². The van der Waals surface area contributed by atoms with E-state index in [4.69, 9.17) is 26.3 Å². The van der Waals surface area contributed by atoms with E-state index in [0.29, 0.717) is 61.4 Å². The Kier molecular flexibility index (Phi) is 8.72. The summed E-state index contributed by atoms with van der Waals surface area (Å²) in [6, 6.07) is 11.5. The third-order valence-electron chi connectivity index (χ3n) is 11.9. The molecule has 0 saturated carbocycles. The van der Waals surface area contributed by atoms with Gasteiger partial charge in [0.25, 0.3) is 5.91 Å². The molecule has 4 fully saturated rings. The Balaban J connectivity index is 1.11. The van der Waals surface area contributed by atoms with Crippen LogP contribution in [0.15, 0.2) is 54.7 Å². The highest BCUT2D eigenvalue weighted by atomic mass is 19.1. The van der Waals surface area contributed by atoms with E-state index in [1.54, 1.807) is 36.3 Å². The molecule has 2 aromatic heterocycles. The summed E-state index contributed by atoms with van der Waals surface area (Å²) in [6.07, 6.45) is 9.56. The number of phenolic OH excluding ortho intramolecular Hbond substituents is 1. The third kappa shape index (κ3) is 5.83. The molecule has 0 aliphatic carbocycles. The van der Waals surface area contributed by atoms with Gasteiger partial charge in [0, 0.05) is 48.8 Å². The second-order valence-electron chi connectivity index (χ2n) is 15.1. The van der Waals surface area contributed by atoms with Crippen LogP contribution in [0.5, 0.6) is 17.5 Å². The number of nitrogens with one attached hydrogen (secondary N) is 1. The third-order valence-corrected chi connectivity index (χ3v) is 11.9. The standard InChI is InChI=1S/C42H38F3N7O4/c1-3-30-33(44)12-7-24-15-28(53)16-31(34(24)30)37-35(45)38-32(18-47-37)39(49-41(48-38)56-22-42-13-4-14-51(42)19-25(43)17-42)50-20-26-8-9-27(21-50)52(26)40(54)36(46)23-5-10-29(55-2)11-6-23/h1,5-7,10-12,15-16,18,25-27,46,53H,4,8-9,13-14,17,19-22H2,2H3/t25?,26-,27?,42?/m1/s1. The van der Waals surface area contributed by atoms with Crippen molar-refractivity contribution in [1.82, 2.24) is 24.8 Å². The zero-order chi connectivity index (χ0) is 38.9. The summed E-state index contributed by atoms with van der Waals surface area (Å²) in [6.45, 7) is 1.89. The van der Waals surface area contributed by atoms with Crippen molar-refractivity contribution in [3.05, 3.63) is 77.5 Å². The van der Waals surface area contributed by atoms with Crippen molar-refractivity contribution in [2.45, 2.75) is 55.9 Å². The minimum atomic E-state index is -0.978. The quantitative estimate of drug-likeness (QED) is 0.144. The van der Waals surface area contributed by atoms with Gasteiger partial charge in [0.05, 0.1) is 35.7 Å². The molecule has 0 radical (unpaired) electrons. The first kappa shape index (κ1) is 35.7. The minimum absolute atomic E-state index is 0.0828. The predicted molar refractivity (Wildman–Crippen MR) is 204 cm³/mol. The highest BCUT2D eigenvalue weighted by molar-refractivity contribution is 6.44. The molecule has 1 amide bonds. The van der Waals surface area contributed by atoms with Crippen LogP contribution in [0.25, 0.3) is 32.9 Å². The maximum absolute atomic E-state index is 17.1. The number of phenols is 1. The normalized spacial score (nSPS) is 23.1. The maximum atomic E-state index is 17.1. The van der Waals surface area contributed by atoms with Crippen molar-refractivity contribution >= 4 is 39.1 Å². The van der Waals surface area contributed by atoms with Crippen molar-refractivity contribution in [3.8, 4) is 41.1 Å². The molecule has 6 heterocycles. The number of ether oxygens (including phenoxy) is 2. The number of pyridine rings is 1. The van der Waals surface area contributed by atoms with E-state index < -0.39 is 23.3 Å². The molecule has 0 spiro atoms. The minimum Gasteiger partial charge on any atom is -0.508 e. The molecule has 4 saturated heterocycles. The summed E-state index contributed by atoms with van der Waals surface area (Å²) in [7, 11) is 1.55. The number of carbonyl (C=O) groups is 1. The molecule has 3 unspecified atom stereocenters. The summed E-state index contributed by atoms with van der Waals surface area (Å²) < 4.78 is 58.3. The Bertz CT molecular complexity index is 2460. The lowest BCUT2D eigenvalue weighted by atomic mass is 9.95. The van der Waals surface area contributed by atoms with Crippen LogP contribution in [-0.2, 0) is 4.79 Å². The number of fused-ring (bicyclic) bond motifs is 5. The number of benzene rings is 3. The number of aromatic hydroxyl groups is 1. The number of nitrogens with zero attached hydrogens (tertiary/aromatic N) is 6. The summed E-state index contributed by atoms with van der Waals surface area (Å²) in [5.74, 6) is 1.23. The van der Waals surface area contributed by atoms with Crippen molar-refractivity contribution in [1.29, 1.82) is 5.41 Å². The van der Waals surface area contributed by atoms with Gasteiger partial charge < -0.3 is 24.4 Å². The van der Waals surface area contributed by atoms with Gasteiger partial charge in [0.1, 0.15) is 52.8 Å². The van der Waals surface area contributed by atoms with Gasteiger partial charge >= 0.3 is 6.01 Å². The molecular formula is C42H38F3N7O4. The summed E-state index contributed by atoms with van der Waals surface area (Å²) >= 11 is 0. The fraction of sp³-hybridized carbons (Fsp3) is 0.357. The SMILES string of the molecule is C#Cc1c(F)ccc2cc(O)cc(-c3ncc4c(N5CC6CC[C@H](C5)N6C(=O)C(=N)c5ccc(OC)cc5)nc(OCC56CCCN5CC(F)C6)nc4c3F)c12. The Labute approximate surface area is 320 Å². The van der Waals surface area contributed by atoms with Crippen LogP contribution in [-0.4, -0.2) is 105 Å². The van der Waals surface area contributed by atoms with Gasteiger partial charge in [0.2, 0.25) is 0 Å². The Morgan fingerprint density at radius 1 is 1.09 bits per heavy atom. The van der Waals surface area contributed by atoms with E-state index in [9.17, 15) is 18.7 Å². The molecule has 286 valence electrons. The number of methoxy groups -OCH3 is 1. The van der Waals surface area contributed by atoms with E-state index in [2.05, 4.69) is 20.8 Å². The molecule has 56 heavy (non-hydrogen) atoms. The molecular weight excluding hydrogens is 724 g/mol. The summed E-state index contributed by atoms with van der Waals surface area (Å²) in [5.41, 5.74) is -0.494. The van der Waals surface area contributed by atoms with Gasteiger partial charge in [-0.2, -0.15) is 9.97 Å². The van der Waals surface area contributed by atoms with Gasteiger partial charge in [-0.3, -0.25) is 20.1 Å². The second-order valence-corrected chi connectivity index (χ2v) is 15.1. The van der Waals surface area contributed by atoms with E-state index in [1.807, 2.05) is 4.90 Å². The summed E-state index contributed by atoms with van der Waals surface area (Å²) in [4.78, 5) is 33.6. The van der Waals surface area contributed by atoms with Crippen molar-refractivity contribution in [2.24, 2.45) is 0 Å². The number of terminal acetylenes is 1. The maximum Gasteiger partial charge on any atom is 0.319 e. The smallest absolute Gasteiger partial charge is 0.319 e. The van der Waals surface area contributed by atoms with Gasteiger partial charge in [-0.15, -0.1) is 6.42 Å². The molecule has 4 aliphatic rings. The molecule has 4 atom stereocenters. The lowest BCUT2D eigenvalue weighted by Crippen LogP contribution is -2.57. The molecule has 3 aromatic carbocycles. The molecule has 9 rings (SSSR count). The zero-order valence-electron chi connectivity index (χ0n) is 30.6. The van der Waals surface area contributed by atoms with Gasteiger partial charge in [-0.05, 0) is 80.1 Å². The topological polar surface area (TPSA) is 128 Å². The molecule has 11 nitrogen and oxygen atoms in total. The first-order chi connectivity index (χ1) is 27.1. The number of hydrogen-bond donors (Lipinski definition) is 2. The van der Waals surface area contributed by atoms with Crippen LogP contribution in [0.2, 0.25) is 0 Å². The number of alkyl halides is 1. The lowest BCUT2D eigenvalue weighted by Gasteiger charge is -2.42. The fourth-order valence-corrected chi connectivity index (χ4v) is 9.33. The summed E-state index contributed by atoms with van der Waals surface area (Å²) in [5, 5.41) is 20.3. The lowest BCUT2D eigenvalue weighted by molar-refractivity contribution is -0.127. The van der Waals surface area contributed by atoms with Crippen molar-refractivity contribution in [3.63, 3.8) is 0 Å². The van der Waals surface area contributed by atoms with Crippen LogP contribution in [0.3, 0.4) is 0 Å². The monoisotopic (exact) mass is 761 g/mol. The first-order valence-electron chi connectivity index (χ1n) is 18.7. The van der Waals surface area contributed by atoms with Crippen LogP contribution in [0.4, 0.5) is 19.0 Å². The number of anilines is 1. The Hall–Kier alpha value is -5.94.